The van der Waals surface area contributed by atoms with Crippen LogP contribution in [0.2, 0.25) is 0 Å². The molecule has 0 saturated heterocycles. The number of pyridine rings is 1. The smallest absolute Gasteiger partial charge is 0.196 e. The molecule has 0 atom stereocenters. The molecule has 1 N–H and O–H groups in total. The van der Waals surface area contributed by atoms with Crippen molar-refractivity contribution in [2.45, 2.75) is 19.3 Å². The summed E-state index contributed by atoms with van der Waals surface area (Å²) in [7, 11) is 0. The minimum Gasteiger partial charge on any atom is -0.454 e. The Balaban J connectivity index is 1.29. The van der Waals surface area contributed by atoms with E-state index in [9.17, 15) is 18.4 Å². The summed E-state index contributed by atoms with van der Waals surface area (Å²) in [5.74, 6) is -0.495. The lowest BCUT2D eigenvalue weighted by atomic mass is 9.88. The van der Waals surface area contributed by atoms with E-state index in [-0.39, 0.29) is 17.7 Å². The molecule has 0 fully saturated rings. The van der Waals surface area contributed by atoms with Gasteiger partial charge in [-0.2, -0.15) is 0 Å². The fraction of sp³-hybridized carbons (Fsp3) is 0.148. The number of carbonyl (C=O) groups excluding carboxylic acids is 2. The van der Waals surface area contributed by atoms with E-state index < -0.39 is 23.2 Å². The Kier molecular flexibility index (Phi) is 5.76. The maximum Gasteiger partial charge on any atom is 0.196 e. The Hall–Kier alpha value is -4.13. The quantitative estimate of drug-likeness (QED) is 0.514. The van der Waals surface area contributed by atoms with Gasteiger partial charge < -0.3 is 10.1 Å². The van der Waals surface area contributed by atoms with Crippen LogP contribution in [0.3, 0.4) is 0 Å². The Morgan fingerprint density at radius 1 is 1.03 bits per heavy atom. The average Bonchev–Trinajstić information content (AvgIpc) is 3.31. The topological polar surface area (TPSA) is 68.3 Å². The molecule has 0 amide bonds. The van der Waals surface area contributed by atoms with Crippen molar-refractivity contribution in [2.75, 3.05) is 11.9 Å². The lowest BCUT2D eigenvalue weighted by Crippen LogP contribution is -2.18. The number of carbonyl (C=O) groups is 2. The van der Waals surface area contributed by atoms with Gasteiger partial charge in [0.1, 0.15) is 17.4 Å². The largest absolute Gasteiger partial charge is 0.454 e. The minimum atomic E-state index is -0.599. The van der Waals surface area contributed by atoms with Crippen LogP contribution < -0.4 is 10.1 Å². The standard InChI is InChI=1S/C27H20F2N2O3/c28-18-7-5-17(6-8-18)19-2-1-3-20(26(19)33)23(32)15-16-4-9-25(22(29)14-16)34-24-11-13-31-27-21(24)10-12-30-27/h2-9,11,13-14H,1,10,12,15H2,(H,30,31). The molecule has 0 spiro atoms. The second-order valence-corrected chi connectivity index (χ2v) is 8.09. The summed E-state index contributed by atoms with van der Waals surface area (Å²) in [6, 6.07) is 11.6. The number of fused-ring (bicyclic) bond motifs is 1. The first-order chi connectivity index (χ1) is 16.5. The third-order valence-corrected chi connectivity index (χ3v) is 5.85. The van der Waals surface area contributed by atoms with Crippen molar-refractivity contribution in [3.05, 3.63) is 101 Å². The molecule has 1 aliphatic heterocycles. The maximum absolute atomic E-state index is 14.8. The highest BCUT2D eigenvalue weighted by Crippen LogP contribution is 2.34. The number of Topliss-reactive ketones (excluding diaryl/α,β-unsaturated/α-hetero) is 2. The van der Waals surface area contributed by atoms with Crippen LogP contribution in [-0.2, 0) is 22.4 Å². The van der Waals surface area contributed by atoms with Crippen LogP contribution in [0.4, 0.5) is 14.6 Å². The molecule has 5 nitrogen and oxygen atoms in total. The molecule has 5 rings (SSSR count). The van der Waals surface area contributed by atoms with Gasteiger partial charge in [0.25, 0.3) is 0 Å². The summed E-state index contributed by atoms with van der Waals surface area (Å²) in [5, 5.41) is 3.15. The van der Waals surface area contributed by atoms with Crippen molar-refractivity contribution in [1.29, 1.82) is 0 Å². The van der Waals surface area contributed by atoms with Crippen molar-refractivity contribution >= 4 is 23.0 Å². The molecule has 0 radical (unpaired) electrons. The third-order valence-electron chi connectivity index (χ3n) is 5.85. The number of halogens is 2. The van der Waals surface area contributed by atoms with Crippen molar-refractivity contribution in [1.82, 2.24) is 4.98 Å². The number of anilines is 1. The summed E-state index contributed by atoms with van der Waals surface area (Å²) >= 11 is 0. The van der Waals surface area contributed by atoms with E-state index in [0.29, 0.717) is 28.9 Å². The second kappa shape index (κ2) is 9.02. The van der Waals surface area contributed by atoms with Gasteiger partial charge in [-0.25, -0.2) is 13.8 Å². The van der Waals surface area contributed by atoms with Gasteiger partial charge in [0.15, 0.2) is 23.1 Å². The van der Waals surface area contributed by atoms with Crippen LogP contribution in [-0.4, -0.2) is 23.1 Å². The van der Waals surface area contributed by atoms with Crippen molar-refractivity contribution in [3.63, 3.8) is 0 Å². The van der Waals surface area contributed by atoms with Crippen molar-refractivity contribution in [2.24, 2.45) is 0 Å². The first kappa shape index (κ1) is 21.7. The number of nitrogens with one attached hydrogen (secondary N) is 1. The number of hydrogen-bond donors (Lipinski definition) is 1. The Morgan fingerprint density at radius 3 is 2.65 bits per heavy atom. The maximum atomic E-state index is 14.8. The fourth-order valence-corrected chi connectivity index (χ4v) is 4.15. The van der Waals surface area contributed by atoms with Gasteiger partial charge >= 0.3 is 0 Å². The first-order valence-corrected chi connectivity index (χ1v) is 10.9. The molecule has 3 aromatic rings. The zero-order valence-corrected chi connectivity index (χ0v) is 18.1. The average molecular weight is 458 g/mol. The van der Waals surface area contributed by atoms with Gasteiger partial charge in [-0.05, 0) is 54.3 Å². The van der Waals surface area contributed by atoms with Crippen LogP contribution in [0.5, 0.6) is 11.5 Å². The van der Waals surface area contributed by atoms with Gasteiger partial charge in [0.05, 0.1) is 5.57 Å². The Labute approximate surface area is 194 Å². The monoisotopic (exact) mass is 458 g/mol. The lowest BCUT2D eigenvalue weighted by molar-refractivity contribution is -0.118. The number of benzene rings is 2. The number of nitrogens with zero attached hydrogens (tertiary/aromatic N) is 1. The minimum absolute atomic E-state index is 0.0472. The van der Waals surface area contributed by atoms with Crippen LogP contribution in [0.15, 0.2) is 72.5 Å². The number of ether oxygens (including phenoxy) is 1. The second-order valence-electron chi connectivity index (χ2n) is 8.09. The molecule has 7 heteroatoms. The third kappa shape index (κ3) is 4.24. The van der Waals surface area contributed by atoms with Gasteiger partial charge in [-0.15, -0.1) is 0 Å². The van der Waals surface area contributed by atoms with E-state index in [0.717, 1.165) is 24.3 Å². The van der Waals surface area contributed by atoms with Crippen LogP contribution in [0.1, 0.15) is 23.1 Å². The van der Waals surface area contributed by atoms with Gasteiger partial charge in [0.2, 0.25) is 0 Å². The number of aromatic nitrogens is 1. The SMILES string of the molecule is O=C(Cc1ccc(Oc2ccnc3c2CCN3)c(F)c1)C1=CCC=C(c2ccc(F)cc2)C1=O. The van der Waals surface area contributed by atoms with Gasteiger partial charge in [-0.1, -0.05) is 30.4 Å². The molecule has 1 aromatic heterocycles. The summed E-state index contributed by atoms with van der Waals surface area (Å²) in [4.78, 5) is 30.0. The highest BCUT2D eigenvalue weighted by atomic mass is 19.1. The first-order valence-electron chi connectivity index (χ1n) is 10.9. The molecular formula is C27H20F2N2O3. The van der Waals surface area contributed by atoms with Crippen molar-refractivity contribution < 1.29 is 23.1 Å². The molecule has 0 unspecified atom stereocenters. The molecule has 0 saturated carbocycles. The molecule has 0 bridgehead atoms. The summed E-state index contributed by atoms with van der Waals surface area (Å²) in [5.41, 5.74) is 2.30. The highest BCUT2D eigenvalue weighted by molar-refractivity contribution is 6.39. The zero-order valence-electron chi connectivity index (χ0n) is 18.1. The summed E-state index contributed by atoms with van der Waals surface area (Å²) in [6.45, 7) is 0.749. The predicted octanol–water partition coefficient (Wildman–Crippen LogP) is 5.21. The molecule has 170 valence electrons. The van der Waals surface area contributed by atoms with E-state index in [1.165, 1.54) is 36.4 Å². The summed E-state index contributed by atoms with van der Waals surface area (Å²) < 4.78 is 33.8. The van der Waals surface area contributed by atoms with Crippen LogP contribution in [0, 0.1) is 11.6 Å². The molecule has 1 aliphatic carbocycles. The van der Waals surface area contributed by atoms with Crippen molar-refractivity contribution in [3.8, 4) is 11.5 Å². The normalized spacial score (nSPS) is 14.7. The van der Waals surface area contributed by atoms with E-state index in [4.69, 9.17) is 4.74 Å². The number of ketones is 2. The number of rotatable bonds is 6. The van der Waals surface area contributed by atoms with Crippen LogP contribution >= 0.6 is 0 Å². The van der Waals surface area contributed by atoms with Gasteiger partial charge in [0, 0.05) is 30.3 Å². The predicted molar refractivity (Wildman–Crippen MR) is 124 cm³/mol. The number of hydrogen-bond acceptors (Lipinski definition) is 5. The fourth-order valence-electron chi connectivity index (χ4n) is 4.15. The Bertz CT molecular complexity index is 1360. The lowest BCUT2D eigenvalue weighted by Gasteiger charge is -2.14. The molecular weight excluding hydrogens is 438 g/mol. The number of allylic oxidation sites excluding steroid dienone is 4. The highest BCUT2D eigenvalue weighted by Gasteiger charge is 2.25. The summed E-state index contributed by atoms with van der Waals surface area (Å²) in [6.07, 6.45) is 5.91. The molecule has 34 heavy (non-hydrogen) atoms. The Morgan fingerprint density at radius 2 is 1.85 bits per heavy atom. The molecule has 2 aromatic carbocycles. The van der Waals surface area contributed by atoms with E-state index in [2.05, 4.69) is 10.3 Å². The van der Waals surface area contributed by atoms with E-state index in [1.807, 2.05) is 0 Å². The van der Waals surface area contributed by atoms with Crippen LogP contribution in [0.25, 0.3) is 5.57 Å². The molecule has 2 aliphatic rings. The van der Waals surface area contributed by atoms with E-state index in [1.54, 1.807) is 30.5 Å². The zero-order chi connectivity index (χ0) is 23.7. The molecule has 2 heterocycles. The van der Waals surface area contributed by atoms with E-state index >= 15 is 0 Å². The van der Waals surface area contributed by atoms with Gasteiger partial charge in [-0.3, -0.25) is 9.59 Å².